The molecule has 0 saturated heterocycles. The van der Waals surface area contributed by atoms with Gasteiger partial charge < -0.3 is 10.2 Å². The van der Waals surface area contributed by atoms with Crippen LogP contribution >= 0.6 is 0 Å². The van der Waals surface area contributed by atoms with Crippen LogP contribution < -0.4 is 10.9 Å². The Balaban J connectivity index is 1.78. The van der Waals surface area contributed by atoms with Crippen molar-refractivity contribution in [3.8, 4) is 11.5 Å². The molecule has 24 heavy (non-hydrogen) atoms. The minimum Gasteiger partial charge on any atom is -0.508 e. The maximum Gasteiger partial charge on any atom is 0.271 e. The zero-order valence-corrected chi connectivity index (χ0v) is 12.4. The third kappa shape index (κ3) is 4.95. The highest BCUT2D eigenvalue weighted by Crippen LogP contribution is 2.09. The van der Waals surface area contributed by atoms with Gasteiger partial charge in [0.1, 0.15) is 11.5 Å². The maximum absolute atomic E-state index is 11.7. The molecule has 0 aliphatic carbocycles. The topological polar surface area (TPSA) is 123 Å². The summed E-state index contributed by atoms with van der Waals surface area (Å²) in [7, 11) is 0. The second kappa shape index (κ2) is 8.08. The Labute approximate surface area is 137 Å². The van der Waals surface area contributed by atoms with E-state index in [1.165, 1.54) is 61.0 Å². The number of phenolic OH excluding ortho intramolecular Hbond substituents is 2. The number of phenols is 2. The summed E-state index contributed by atoms with van der Waals surface area (Å²) in [6.07, 6.45) is 2.38. The molecule has 2 rings (SSSR count). The predicted molar refractivity (Wildman–Crippen MR) is 88.1 cm³/mol. The van der Waals surface area contributed by atoms with Gasteiger partial charge in [-0.15, -0.1) is 0 Å². The highest BCUT2D eigenvalue weighted by atomic mass is 16.3. The molecule has 0 bridgehead atoms. The number of amides is 2. The Morgan fingerprint density at radius 3 is 1.38 bits per heavy atom. The number of hydrogen-bond donors (Lipinski definition) is 4. The Bertz CT molecular complexity index is 700. The highest BCUT2D eigenvalue weighted by molar-refractivity contribution is 6.16. The van der Waals surface area contributed by atoms with Gasteiger partial charge >= 0.3 is 0 Å². The smallest absolute Gasteiger partial charge is 0.271 e. The third-order valence-electron chi connectivity index (χ3n) is 2.81. The zero-order valence-electron chi connectivity index (χ0n) is 12.4. The molecule has 0 radical (unpaired) electrons. The van der Waals surface area contributed by atoms with E-state index in [1.54, 1.807) is 0 Å². The lowest BCUT2D eigenvalue weighted by atomic mass is 10.2. The molecular weight excluding hydrogens is 312 g/mol. The van der Waals surface area contributed by atoms with Gasteiger partial charge in [0.15, 0.2) is 0 Å². The van der Waals surface area contributed by atoms with Crippen LogP contribution in [-0.2, 0) is 0 Å². The number of hydrazone groups is 2. The molecule has 2 aromatic carbocycles. The second-order valence-corrected chi connectivity index (χ2v) is 4.53. The fourth-order valence-corrected chi connectivity index (χ4v) is 1.61. The van der Waals surface area contributed by atoms with Gasteiger partial charge in [-0.1, -0.05) is 0 Å². The monoisotopic (exact) mass is 326 g/mol. The number of rotatable bonds is 5. The lowest BCUT2D eigenvalue weighted by Crippen LogP contribution is -2.18. The van der Waals surface area contributed by atoms with Crippen LogP contribution in [0.2, 0.25) is 0 Å². The molecule has 0 saturated carbocycles. The summed E-state index contributed by atoms with van der Waals surface area (Å²) in [4.78, 5) is 23.3. The van der Waals surface area contributed by atoms with Crippen molar-refractivity contribution in [2.75, 3.05) is 0 Å². The maximum atomic E-state index is 11.7. The highest BCUT2D eigenvalue weighted by Gasteiger charge is 2.03. The third-order valence-corrected chi connectivity index (χ3v) is 2.81. The Morgan fingerprint density at radius 1 is 0.708 bits per heavy atom. The van der Waals surface area contributed by atoms with E-state index in [9.17, 15) is 9.59 Å². The van der Waals surface area contributed by atoms with E-state index >= 15 is 0 Å². The van der Waals surface area contributed by atoms with Gasteiger partial charge in [0, 0.05) is 11.1 Å². The number of nitrogens with zero attached hydrogens (tertiary/aromatic N) is 2. The predicted octanol–water partition coefficient (Wildman–Crippen LogP) is 1.23. The first-order chi connectivity index (χ1) is 11.6. The molecule has 8 heteroatoms. The summed E-state index contributed by atoms with van der Waals surface area (Å²) >= 11 is 0. The van der Waals surface area contributed by atoms with Crippen LogP contribution in [0.4, 0.5) is 0 Å². The Morgan fingerprint density at radius 2 is 1.04 bits per heavy atom. The Hall–Kier alpha value is -3.68. The van der Waals surface area contributed by atoms with Gasteiger partial charge in [-0.2, -0.15) is 10.2 Å². The number of aromatic hydroxyl groups is 2. The molecule has 4 N–H and O–H groups in total. The molecule has 0 heterocycles. The standard InChI is InChI=1S/C16H14N4O4/c21-13-5-1-11(2-6-13)15(23)19-17-9-10-18-20-16(24)12-3-7-14(22)8-4-12/h1-10,21-22H,(H,19,23)(H,20,24). The van der Waals surface area contributed by atoms with Crippen molar-refractivity contribution < 1.29 is 19.8 Å². The average Bonchev–Trinajstić information content (AvgIpc) is 2.58. The summed E-state index contributed by atoms with van der Waals surface area (Å²) in [6, 6.07) is 11.4. The molecule has 2 aromatic rings. The van der Waals surface area contributed by atoms with Gasteiger partial charge in [0.25, 0.3) is 11.8 Å². The molecule has 0 aliphatic heterocycles. The van der Waals surface area contributed by atoms with Crippen molar-refractivity contribution in [1.29, 1.82) is 0 Å². The number of nitrogens with one attached hydrogen (secondary N) is 2. The van der Waals surface area contributed by atoms with E-state index in [-0.39, 0.29) is 11.5 Å². The van der Waals surface area contributed by atoms with Gasteiger partial charge in [0.2, 0.25) is 0 Å². The zero-order chi connectivity index (χ0) is 17.4. The molecule has 0 aromatic heterocycles. The Kier molecular flexibility index (Phi) is 5.62. The SMILES string of the molecule is O=C(NN=CC=NNC(=O)c1ccc(O)cc1)c1ccc(O)cc1. The molecule has 0 fully saturated rings. The molecule has 0 atom stereocenters. The van der Waals surface area contributed by atoms with Crippen molar-refractivity contribution in [2.45, 2.75) is 0 Å². The minimum absolute atomic E-state index is 0.0616. The first-order valence-electron chi connectivity index (χ1n) is 6.80. The molecule has 8 nitrogen and oxygen atoms in total. The van der Waals surface area contributed by atoms with E-state index in [1.807, 2.05) is 0 Å². The number of benzene rings is 2. The summed E-state index contributed by atoms with van der Waals surface area (Å²) in [6.45, 7) is 0. The van der Waals surface area contributed by atoms with Crippen molar-refractivity contribution in [1.82, 2.24) is 10.9 Å². The van der Waals surface area contributed by atoms with Crippen LogP contribution in [0, 0.1) is 0 Å². The van der Waals surface area contributed by atoms with Crippen LogP contribution in [0.1, 0.15) is 20.7 Å². The summed E-state index contributed by atoms with van der Waals surface area (Å²) in [5.74, 6) is -0.779. The van der Waals surface area contributed by atoms with Crippen LogP contribution in [0.25, 0.3) is 0 Å². The van der Waals surface area contributed by atoms with Crippen LogP contribution in [0.3, 0.4) is 0 Å². The lowest BCUT2D eigenvalue weighted by molar-refractivity contribution is 0.0946. The van der Waals surface area contributed by atoms with E-state index in [2.05, 4.69) is 21.1 Å². The van der Waals surface area contributed by atoms with Gasteiger partial charge in [-0.05, 0) is 48.5 Å². The molecule has 0 spiro atoms. The molecule has 2 amide bonds. The van der Waals surface area contributed by atoms with Crippen molar-refractivity contribution >= 4 is 24.2 Å². The van der Waals surface area contributed by atoms with Crippen LogP contribution in [0.15, 0.2) is 58.7 Å². The normalized spacial score (nSPS) is 10.8. The minimum atomic E-state index is -0.451. The molecule has 0 aliphatic rings. The van der Waals surface area contributed by atoms with Crippen molar-refractivity contribution in [3.05, 3.63) is 59.7 Å². The first-order valence-corrected chi connectivity index (χ1v) is 6.80. The average molecular weight is 326 g/mol. The quantitative estimate of drug-likeness (QED) is 0.487. The number of carbonyl (C=O) groups excluding carboxylic acids is 2. The summed E-state index contributed by atoms with van der Waals surface area (Å²) in [5, 5.41) is 25.5. The molecular formula is C16H14N4O4. The van der Waals surface area contributed by atoms with E-state index < -0.39 is 11.8 Å². The van der Waals surface area contributed by atoms with Crippen LogP contribution in [0.5, 0.6) is 11.5 Å². The molecule has 0 unspecified atom stereocenters. The van der Waals surface area contributed by atoms with Gasteiger partial charge in [0.05, 0.1) is 12.4 Å². The van der Waals surface area contributed by atoms with Gasteiger partial charge in [-0.25, -0.2) is 10.9 Å². The van der Waals surface area contributed by atoms with E-state index in [0.29, 0.717) is 11.1 Å². The van der Waals surface area contributed by atoms with Gasteiger partial charge in [-0.3, -0.25) is 9.59 Å². The van der Waals surface area contributed by atoms with E-state index in [0.717, 1.165) is 0 Å². The summed E-state index contributed by atoms with van der Waals surface area (Å²) < 4.78 is 0. The fraction of sp³-hybridized carbons (Fsp3) is 0. The summed E-state index contributed by atoms with van der Waals surface area (Å²) in [5.41, 5.74) is 5.19. The lowest BCUT2D eigenvalue weighted by Gasteiger charge is -1.99. The van der Waals surface area contributed by atoms with Crippen LogP contribution in [-0.4, -0.2) is 34.5 Å². The molecule has 122 valence electrons. The number of carbonyl (C=O) groups is 2. The second-order valence-electron chi connectivity index (χ2n) is 4.53. The largest absolute Gasteiger partial charge is 0.508 e. The van der Waals surface area contributed by atoms with E-state index in [4.69, 9.17) is 10.2 Å². The first kappa shape index (κ1) is 16.7. The van der Waals surface area contributed by atoms with Crippen molar-refractivity contribution in [2.24, 2.45) is 10.2 Å². The van der Waals surface area contributed by atoms with Crippen molar-refractivity contribution in [3.63, 3.8) is 0 Å². The number of hydrogen-bond acceptors (Lipinski definition) is 6. The fourth-order valence-electron chi connectivity index (χ4n) is 1.61.